The van der Waals surface area contributed by atoms with E-state index in [4.69, 9.17) is 4.42 Å². The van der Waals surface area contributed by atoms with E-state index in [0.717, 1.165) is 41.7 Å². The molecular formula is C20H22N4O2. The monoisotopic (exact) mass is 350 g/mol. The maximum Gasteiger partial charge on any atom is 0.319 e. The van der Waals surface area contributed by atoms with E-state index in [2.05, 4.69) is 20.5 Å². The molecule has 0 spiro atoms. The van der Waals surface area contributed by atoms with Crippen molar-refractivity contribution in [3.8, 4) is 0 Å². The topological polar surface area (TPSA) is 70.4 Å². The van der Waals surface area contributed by atoms with Crippen molar-refractivity contribution in [3.63, 3.8) is 0 Å². The molecule has 4 rings (SSSR count). The average molecular weight is 350 g/mol. The highest BCUT2D eigenvalue weighted by molar-refractivity contribution is 5.89. The molecule has 1 aliphatic rings. The predicted molar refractivity (Wildman–Crippen MR) is 103 cm³/mol. The molecule has 2 amide bonds. The summed E-state index contributed by atoms with van der Waals surface area (Å²) in [7, 11) is 0. The minimum Gasteiger partial charge on any atom is -0.423 e. The van der Waals surface area contributed by atoms with Crippen LogP contribution in [0.1, 0.15) is 18.4 Å². The van der Waals surface area contributed by atoms with Crippen LogP contribution in [-0.2, 0) is 0 Å². The number of rotatable bonds is 4. The highest BCUT2D eigenvalue weighted by Crippen LogP contribution is 2.28. The average Bonchev–Trinajstić information content (AvgIpc) is 3.26. The fraction of sp³-hybridized carbons (Fsp3) is 0.300. The molecule has 0 radical (unpaired) electrons. The number of hydrogen-bond acceptors (Lipinski definition) is 4. The van der Waals surface area contributed by atoms with Gasteiger partial charge in [0.25, 0.3) is 6.01 Å². The highest BCUT2D eigenvalue weighted by Gasteiger charge is 2.28. The number of benzene rings is 2. The van der Waals surface area contributed by atoms with E-state index < -0.39 is 0 Å². The SMILES string of the molecule is Cc1cccc(NC(=O)NCC2CCCN2c2nc3ccccc3o2)c1. The molecule has 134 valence electrons. The minimum absolute atomic E-state index is 0.186. The quantitative estimate of drug-likeness (QED) is 0.748. The number of carbonyl (C=O) groups is 1. The summed E-state index contributed by atoms with van der Waals surface area (Å²) in [4.78, 5) is 18.9. The summed E-state index contributed by atoms with van der Waals surface area (Å²) < 4.78 is 5.88. The van der Waals surface area contributed by atoms with E-state index in [9.17, 15) is 4.79 Å². The largest absolute Gasteiger partial charge is 0.423 e. The molecule has 2 heterocycles. The van der Waals surface area contributed by atoms with Gasteiger partial charge in [0, 0.05) is 18.8 Å². The zero-order valence-electron chi connectivity index (χ0n) is 14.7. The number of para-hydroxylation sites is 2. The van der Waals surface area contributed by atoms with E-state index in [0.29, 0.717) is 12.6 Å². The van der Waals surface area contributed by atoms with E-state index in [1.807, 2.05) is 55.5 Å². The second-order valence-electron chi connectivity index (χ2n) is 6.66. The van der Waals surface area contributed by atoms with Crippen LogP contribution in [0.3, 0.4) is 0 Å². The number of aryl methyl sites for hydroxylation is 1. The fourth-order valence-electron chi connectivity index (χ4n) is 3.39. The molecule has 0 saturated carbocycles. The summed E-state index contributed by atoms with van der Waals surface area (Å²) in [6.07, 6.45) is 2.06. The molecule has 6 nitrogen and oxygen atoms in total. The van der Waals surface area contributed by atoms with E-state index in [-0.39, 0.29) is 12.1 Å². The number of carbonyl (C=O) groups excluding carboxylic acids is 1. The van der Waals surface area contributed by atoms with Gasteiger partial charge in [-0.1, -0.05) is 24.3 Å². The Morgan fingerprint density at radius 2 is 2.15 bits per heavy atom. The van der Waals surface area contributed by atoms with Gasteiger partial charge in [-0.3, -0.25) is 0 Å². The number of urea groups is 1. The Morgan fingerprint density at radius 3 is 3.00 bits per heavy atom. The molecule has 0 aliphatic carbocycles. The standard InChI is InChI=1S/C20H22N4O2/c1-14-6-4-7-15(12-14)22-19(25)21-13-16-8-5-11-24(16)20-23-17-9-2-3-10-18(17)26-20/h2-4,6-7,9-10,12,16H,5,8,11,13H2,1H3,(H2,21,22,25). The molecule has 3 aromatic rings. The van der Waals surface area contributed by atoms with E-state index in [1.54, 1.807) is 0 Å². The number of aromatic nitrogens is 1. The second-order valence-corrected chi connectivity index (χ2v) is 6.66. The molecule has 1 saturated heterocycles. The van der Waals surface area contributed by atoms with Crippen LogP contribution in [0.5, 0.6) is 0 Å². The zero-order valence-corrected chi connectivity index (χ0v) is 14.7. The minimum atomic E-state index is -0.194. The molecule has 26 heavy (non-hydrogen) atoms. The molecule has 1 aromatic heterocycles. The number of nitrogens with one attached hydrogen (secondary N) is 2. The molecule has 2 N–H and O–H groups in total. The van der Waals surface area contributed by atoms with Gasteiger partial charge in [0.1, 0.15) is 5.52 Å². The molecule has 1 aliphatic heterocycles. The number of anilines is 2. The number of fused-ring (bicyclic) bond motifs is 1. The van der Waals surface area contributed by atoms with Crippen LogP contribution in [0.4, 0.5) is 16.5 Å². The van der Waals surface area contributed by atoms with Gasteiger partial charge in [-0.25, -0.2) is 4.79 Å². The second kappa shape index (κ2) is 7.07. The first-order valence-electron chi connectivity index (χ1n) is 8.93. The van der Waals surface area contributed by atoms with Gasteiger partial charge in [-0.05, 0) is 49.6 Å². The van der Waals surface area contributed by atoms with Crippen molar-refractivity contribution in [1.82, 2.24) is 10.3 Å². The molecule has 2 aromatic carbocycles. The maximum atomic E-state index is 12.2. The van der Waals surface area contributed by atoms with Crippen molar-refractivity contribution in [1.29, 1.82) is 0 Å². The van der Waals surface area contributed by atoms with Crippen LogP contribution in [-0.4, -0.2) is 30.1 Å². The van der Waals surface area contributed by atoms with Gasteiger partial charge >= 0.3 is 6.03 Å². The number of amides is 2. The Morgan fingerprint density at radius 1 is 1.27 bits per heavy atom. The van der Waals surface area contributed by atoms with Gasteiger partial charge < -0.3 is 20.0 Å². The van der Waals surface area contributed by atoms with Gasteiger partial charge in [0.2, 0.25) is 0 Å². The zero-order chi connectivity index (χ0) is 17.9. The first-order chi connectivity index (χ1) is 12.7. The molecule has 1 atom stereocenters. The molecular weight excluding hydrogens is 328 g/mol. The lowest BCUT2D eigenvalue weighted by atomic mass is 10.2. The van der Waals surface area contributed by atoms with Crippen molar-refractivity contribution >= 4 is 28.8 Å². The van der Waals surface area contributed by atoms with Gasteiger partial charge in [-0.15, -0.1) is 0 Å². The van der Waals surface area contributed by atoms with Gasteiger partial charge in [0.15, 0.2) is 5.58 Å². The lowest BCUT2D eigenvalue weighted by Crippen LogP contribution is -2.41. The summed E-state index contributed by atoms with van der Waals surface area (Å²) in [6, 6.07) is 16.1. The van der Waals surface area contributed by atoms with E-state index >= 15 is 0 Å². The highest BCUT2D eigenvalue weighted by atomic mass is 16.4. The van der Waals surface area contributed by atoms with Crippen molar-refractivity contribution in [2.75, 3.05) is 23.3 Å². The van der Waals surface area contributed by atoms with Crippen LogP contribution < -0.4 is 15.5 Å². The van der Waals surface area contributed by atoms with Crippen molar-refractivity contribution in [3.05, 3.63) is 54.1 Å². The van der Waals surface area contributed by atoms with Crippen LogP contribution in [0.15, 0.2) is 52.9 Å². The van der Waals surface area contributed by atoms with Crippen LogP contribution >= 0.6 is 0 Å². The van der Waals surface area contributed by atoms with E-state index in [1.165, 1.54) is 0 Å². The van der Waals surface area contributed by atoms with Gasteiger partial charge in [0.05, 0.1) is 6.04 Å². The number of hydrogen-bond donors (Lipinski definition) is 2. The van der Waals surface area contributed by atoms with Crippen molar-refractivity contribution in [2.24, 2.45) is 0 Å². The normalized spacial score (nSPS) is 16.8. The molecule has 0 bridgehead atoms. The number of nitrogens with zero attached hydrogens (tertiary/aromatic N) is 2. The molecule has 6 heteroatoms. The van der Waals surface area contributed by atoms with Crippen LogP contribution in [0.25, 0.3) is 11.1 Å². The van der Waals surface area contributed by atoms with Gasteiger partial charge in [-0.2, -0.15) is 4.98 Å². The number of oxazole rings is 1. The third kappa shape index (κ3) is 3.49. The Kier molecular flexibility index (Phi) is 4.48. The fourth-order valence-corrected chi connectivity index (χ4v) is 3.39. The smallest absolute Gasteiger partial charge is 0.319 e. The lowest BCUT2D eigenvalue weighted by Gasteiger charge is -2.23. The molecule has 1 fully saturated rings. The summed E-state index contributed by atoms with van der Waals surface area (Å²) >= 11 is 0. The van der Waals surface area contributed by atoms with Crippen molar-refractivity contribution < 1.29 is 9.21 Å². The predicted octanol–water partition coefficient (Wildman–Crippen LogP) is 3.93. The Bertz CT molecular complexity index is 888. The van der Waals surface area contributed by atoms with Crippen molar-refractivity contribution in [2.45, 2.75) is 25.8 Å². The first-order valence-corrected chi connectivity index (χ1v) is 8.93. The Labute approximate surface area is 152 Å². The maximum absolute atomic E-state index is 12.2. The lowest BCUT2D eigenvalue weighted by molar-refractivity contribution is 0.251. The summed E-state index contributed by atoms with van der Waals surface area (Å²) in [5, 5.41) is 5.84. The summed E-state index contributed by atoms with van der Waals surface area (Å²) in [5.74, 6) is 0. The first kappa shape index (κ1) is 16.4. The third-order valence-corrected chi connectivity index (χ3v) is 4.68. The summed E-state index contributed by atoms with van der Waals surface area (Å²) in [6.45, 7) is 3.44. The molecule has 1 unspecified atom stereocenters. The third-order valence-electron chi connectivity index (χ3n) is 4.68. The van der Waals surface area contributed by atoms with Crippen LogP contribution in [0, 0.1) is 6.92 Å². The Balaban J connectivity index is 1.38. The van der Waals surface area contributed by atoms with Crippen LogP contribution in [0.2, 0.25) is 0 Å². The summed E-state index contributed by atoms with van der Waals surface area (Å²) in [5.41, 5.74) is 3.56. The Hall–Kier alpha value is -3.02.